The van der Waals surface area contributed by atoms with Gasteiger partial charge in [-0.2, -0.15) is 0 Å². The number of carbonyl (C=O) groups is 1. The highest BCUT2D eigenvalue weighted by molar-refractivity contribution is 7.18. The fraction of sp³-hybridized carbons (Fsp3) is 0.250. The van der Waals surface area contributed by atoms with Crippen molar-refractivity contribution < 1.29 is 9.21 Å². The Balaban J connectivity index is 1.57. The molecule has 9 heteroatoms. The van der Waals surface area contributed by atoms with Gasteiger partial charge in [0.1, 0.15) is 11.5 Å². The predicted octanol–water partition coefficient (Wildman–Crippen LogP) is 2.62. The summed E-state index contributed by atoms with van der Waals surface area (Å²) in [5, 5.41) is 14.6. The first-order valence-electron chi connectivity index (χ1n) is 7.63. The number of pyridine rings is 1. The summed E-state index contributed by atoms with van der Waals surface area (Å²) in [7, 11) is 3.85. The van der Waals surface area contributed by atoms with Crippen molar-refractivity contribution in [3.63, 3.8) is 0 Å². The second-order valence-corrected chi connectivity index (χ2v) is 6.43. The summed E-state index contributed by atoms with van der Waals surface area (Å²) in [4.78, 5) is 18.3. The number of anilines is 1. The van der Waals surface area contributed by atoms with Gasteiger partial charge in [-0.15, -0.1) is 10.2 Å². The quantitative estimate of drug-likeness (QED) is 0.703. The van der Waals surface area contributed by atoms with Crippen molar-refractivity contribution in [3.05, 3.63) is 48.6 Å². The van der Waals surface area contributed by atoms with E-state index in [4.69, 9.17) is 4.42 Å². The van der Waals surface area contributed by atoms with E-state index in [1.54, 1.807) is 12.5 Å². The average Bonchev–Trinajstić information content (AvgIpc) is 3.28. The van der Waals surface area contributed by atoms with Crippen molar-refractivity contribution in [1.29, 1.82) is 0 Å². The molecule has 0 bridgehead atoms. The smallest absolute Gasteiger partial charge is 0.321 e. The molecule has 0 aliphatic heterocycles. The number of likely N-dealkylation sites (N-methyl/N-ethyl adjacent to an activating group) is 1. The van der Waals surface area contributed by atoms with Gasteiger partial charge in [-0.3, -0.25) is 15.2 Å². The lowest BCUT2D eigenvalue weighted by Crippen LogP contribution is -2.36. The fourth-order valence-electron chi connectivity index (χ4n) is 2.22. The lowest BCUT2D eigenvalue weighted by molar-refractivity contribution is 0.233. The van der Waals surface area contributed by atoms with Gasteiger partial charge in [0.25, 0.3) is 0 Å². The third kappa shape index (κ3) is 4.40. The van der Waals surface area contributed by atoms with Crippen LogP contribution in [0.3, 0.4) is 0 Å². The zero-order chi connectivity index (χ0) is 17.6. The topological polar surface area (TPSA) is 96.2 Å². The van der Waals surface area contributed by atoms with Crippen LogP contribution in [-0.4, -0.2) is 46.8 Å². The molecule has 25 heavy (non-hydrogen) atoms. The molecule has 0 aromatic carbocycles. The monoisotopic (exact) mass is 358 g/mol. The zero-order valence-electron chi connectivity index (χ0n) is 13.8. The Hall–Kier alpha value is -2.78. The molecule has 3 rings (SSSR count). The summed E-state index contributed by atoms with van der Waals surface area (Å²) in [6, 6.07) is 8.86. The second-order valence-electron chi connectivity index (χ2n) is 5.46. The first kappa shape index (κ1) is 17.1. The molecule has 3 aromatic rings. The number of hydrogen-bond acceptors (Lipinski definition) is 7. The SMILES string of the molecule is CN(C)C(CNC(=O)Nc1nnc(-c2ccccn2)s1)c1ccco1. The number of urea groups is 1. The molecule has 2 N–H and O–H groups in total. The molecule has 0 aliphatic carbocycles. The van der Waals surface area contributed by atoms with Gasteiger partial charge in [-0.05, 0) is 38.4 Å². The first-order valence-corrected chi connectivity index (χ1v) is 8.44. The number of hydrogen-bond donors (Lipinski definition) is 2. The average molecular weight is 358 g/mol. The van der Waals surface area contributed by atoms with Crippen LogP contribution in [0.5, 0.6) is 0 Å². The highest BCUT2D eigenvalue weighted by Crippen LogP contribution is 2.24. The van der Waals surface area contributed by atoms with Crippen molar-refractivity contribution in [2.45, 2.75) is 6.04 Å². The minimum absolute atomic E-state index is 0.0563. The molecular formula is C16H18N6O2S. The standard InChI is InChI=1S/C16H18N6O2S/c1-22(2)12(13-7-5-9-24-13)10-18-15(23)19-16-21-20-14(25-16)11-6-3-4-8-17-11/h3-9,12H,10H2,1-2H3,(H2,18,19,21,23). The summed E-state index contributed by atoms with van der Waals surface area (Å²) in [6.45, 7) is 0.401. The lowest BCUT2D eigenvalue weighted by Gasteiger charge is -2.22. The maximum atomic E-state index is 12.1. The Morgan fingerprint density at radius 2 is 2.16 bits per heavy atom. The molecule has 3 heterocycles. The Morgan fingerprint density at radius 1 is 1.28 bits per heavy atom. The van der Waals surface area contributed by atoms with Gasteiger partial charge in [0, 0.05) is 12.7 Å². The molecule has 2 amide bonds. The van der Waals surface area contributed by atoms with Gasteiger partial charge in [-0.1, -0.05) is 17.4 Å². The Labute approximate surface area is 148 Å². The number of nitrogens with one attached hydrogen (secondary N) is 2. The van der Waals surface area contributed by atoms with Crippen LogP contribution in [0.15, 0.2) is 47.2 Å². The van der Waals surface area contributed by atoms with Gasteiger partial charge in [-0.25, -0.2) is 4.79 Å². The van der Waals surface area contributed by atoms with Crippen molar-refractivity contribution >= 4 is 22.5 Å². The van der Waals surface area contributed by atoms with Crippen LogP contribution >= 0.6 is 11.3 Å². The molecule has 0 saturated heterocycles. The van der Waals surface area contributed by atoms with Crippen molar-refractivity contribution in [2.24, 2.45) is 0 Å². The van der Waals surface area contributed by atoms with Crippen LogP contribution in [0, 0.1) is 0 Å². The van der Waals surface area contributed by atoms with Gasteiger partial charge in [0.15, 0.2) is 5.01 Å². The number of nitrogens with zero attached hydrogens (tertiary/aromatic N) is 4. The molecule has 0 radical (unpaired) electrons. The van der Waals surface area contributed by atoms with E-state index in [1.165, 1.54) is 11.3 Å². The lowest BCUT2D eigenvalue weighted by atomic mass is 10.2. The number of rotatable bonds is 6. The van der Waals surface area contributed by atoms with E-state index in [1.807, 2.05) is 49.3 Å². The van der Waals surface area contributed by atoms with E-state index in [0.29, 0.717) is 16.7 Å². The largest absolute Gasteiger partial charge is 0.468 e. The maximum Gasteiger partial charge on any atom is 0.321 e. The van der Waals surface area contributed by atoms with E-state index in [-0.39, 0.29) is 12.1 Å². The highest BCUT2D eigenvalue weighted by Gasteiger charge is 2.18. The molecule has 1 atom stereocenters. The summed E-state index contributed by atoms with van der Waals surface area (Å²) in [5.74, 6) is 0.790. The minimum atomic E-state index is -0.345. The molecule has 1 unspecified atom stereocenters. The van der Waals surface area contributed by atoms with Crippen LogP contribution in [0.2, 0.25) is 0 Å². The van der Waals surface area contributed by atoms with E-state index in [0.717, 1.165) is 11.5 Å². The van der Waals surface area contributed by atoms with Gasteiger partial charge >= 0.3 is 6.03 Å². The Morgan fingerprint density at radius 3 is 2.84 bits per heavy atom. The number of amides is 2. The fourth-order valence-corrected chi connectivity index (χ4v) is 2.93. The third-order valence-corrected chi connectivity index (χ3v) is 4.34. The van der Waals surface area contributed by atoms with Gasteiger partial charge in [0.05, 0.1) is 12.3 Å². The van der Waals surface area contributed by atoms with Crippen molar-refractivity contribution in [1.82, 2.24) is 25.4 Å². The normalized spacial score (nSPS) is 12.1. The number of furan rings is 1. The number of aromatic nitrogens is 3. The van der Waals surface area contributed by atoms with E-state index in [9.17, 15) is 4.79 Å². The molecule has 0 fully saturated rings. The van der Waals surface area contributed by atoms with Gasteiger partial charge in [0.2, 0.25) is 5.13 Å². The van der Waals surface area contributed by atoms with Crippen LogP contribution in [-0.2, 0) is 0 Å². The molecule has 0 aliphatic rings. The predicted molar refractivity (Wildman–Crippen MR) is 95.3 cm³/mol. The van der Waals surface area contributed by atoms with Crippen molar-refractivity contribution in [2.75, 3.05) is 26.0 Å². The Kier molecular flexibility index (Phi) is 5.36. The molecule has 0 saturated carbocycles. The van der Waals surface area contributed by atoms with E-state index in [2.05, 4.69) is 25.8 Å². The first-order chi connectivity index (χ1) is 12.1. The van der Waals surface area contributed by atoms with Crippen LogP contribution in [0.25, 0.3) is 10.7 Å². The molecule has 130 valence electrons. The van der Waals surface area contributed by atoms with Crippen molar-refractivity contribution in [3.8, 4) is 10.7 Å². The number of carbonyl (C=O) groups excluding carboxylic acids is 1. The van der Waals surface area contributed by atoms with Crippen LogP contribution in [0.4, 0.5) is 9.93 Å². The van der Waals surface area contributed by atoms with E-state index < -0.39 is 0 Å². The molecule has 0 spiro atoms. The van der Waals surface area contributed by atoms with Crippen LogP contribution in [0.1, 0.15) is 11.8 Å². The summed E-state index contributed by atoms with van der Waals surface area (Å²) in [5.41, 5.74) is 0.721. The minimum Gasteiger partial charge on any atom is -0.468 e. The summed E-state index contributed by atoms with van der Waals surface area (Å²) < 4.78 is 5.42. The molecule has 8 nitrogen and oxygen atoms in total. The van der Waals surface area contributed by atoms with Crippen LogP contribution < -0.4 is 10.6 Å². The summed E-state index contributed by atoms with van der Waals surface area (Å²) in [6.07, 6.45) is 3.30. The third-order valence-electron chi connectivity index (χ3n) is 3.48. The highest BCUT2D eigenvalue weighted by atomic mass is 32.1. The Bertz CT molecular complexity index is 803. The zero-order valence-corrected chi connectivity index (χ0v) is 14.7. The summed E-state index contributed by atoms with van der Waals surface area (Å²) >= 11 is 1.27. The van der Waals surface area contributed by atoms with E-state index >= 15 is 0 Å². The second kappa shape index (κ2) is 7.86. The molecule has 3 aromatic heterocycles. The van der Waals surface area contributed by atoms with Gasteiger partial charge < -0.3 is 9.73 Å². The molecular weight excluding hydrogens is 340 g/mol. The maximum absolute atomic E-state index is 12.1.